The maximum Gasteiger partial charge on any atom is 0.435 e. The van der Waals surface area contributed by atoms with Crippen LogP contribution >= 0.6 is 0 Å². The van der Waals surface area contributed by atoms with E-state index in [0.717, 1.165) is 24.1 Å². The van der Waals surface area contributed by atoms with Crippen LogP contribution in [-0.2, 0) is 17.8 Å². The summed E-state index contributed by atoms with van der Waals surface area (Å²) in [6.45, 7) is 2.34. The van der Waals surface area contributed by atoms with Gasteiger partial charge in [0.1, 0.15) is 6.61 Å². The predicted molar refractivity (Wildman–Crippen MR) is 68.2 cm³/mol. The fourth-order valence-electron chi connectivity index (χ4n) is 1.64. The number of aromatic nitrogens is 2. The van der Waals surface area contributed by atoms with Gasteiger partial charge in [0.2, 0.25) is 0 Å². The van der Waals surface area contributed by atoms with Crippen LogP contribution in [0.15, 0.2) is 42.6 Å². The van der Waals surface area contributed by atoms with Crippen LogP contribution in [0.1, 0.15) is 24.6 Å². The summed E-state index contributed by atoms with van der Waals surface area (Å²) in [4.78, 5) is 11.7. The average molecular weight is 244 g/mol. The SMILES string of the molecule is CCCc1ccn(C(=O)OCc2ccccc2)n1. The molecule has 1 heterocycles. The van der Waals surface area contributed by atoms with E-state index in [-0.39, 0.29) is 6.61 Å². The van der Waals surface area contributed by atoms with Crippen molar-refractivity contribution in [2.75, 3.05) is 0 Å². The number of carbonyl (C=O) groups excluding carboxylic acids is 1. The second-order valence-electron chi connectivity index (χ2n) is 4.04. The van der Waals surface area contributed by atoms with E-state index in [1.807, 2.05) is 36.4 Å². The largest absolute Gasteiger partial charge is 0.443 e. The summed E-state index contributed by atoms with van der Waals surface area (Å²) in [5.74, 6) is 0. The van der Waals surface area contributed by atoms with Crippen molar-refractivity contribution in [3.63, 3.8) is 0 Å². The summed E-state index contributed by atoms with van der Waals surface area (Å²) >= 11 is 0. The molecule has 2 aromatic rings. The number of nitrogens with zero attached hydrogens (tertiary/aromatic N) is 2. The molecular weight excluding hydrogens is 228 g/mol. The van der Waals surface area contributed by atoms with Gasteiger partial charge in [0, 0.05) is 6.20 Å². The van der Waals surface area contributed by atoms with Crippen LogP contribution in [0.5, 0.6) is 0 Å². The van der Waals surface area contributed by atoms with Gasteiger partial charge in [-0.25, -0.2) is 4.79 Å². The first-order valence-corrected chi connectivity index (χ1v) is 6.05. The molecule has 4 heteroatoms. The van der Waals surface area contributed by atoms with Crippen molar-refractivity contribution in [1.29, 1.82) is 0 Å². The number of aryl methyl sites for hydroxylation is 1. The molecule has 0 N–H and O–H groups in total. The van der Waals surface area contributed by atoms with E-state index < -0.39 is 6.09 Å². The summed E-state index contributed by atoms with van der Waals surface area (Å²) in [6, 6.07) is 11.4. The molecule has 18 heavy (non-hydrogen) atoms. The highest BCUT2D eigenvalue weighted by Crippen LogP contribution is 2.04. The third-order valence-corrected chi connectivity index (χ3v) is 2.54. The average Bonchev–Trinajstić information content (AvgIpc) is 2.86. The highest BCUT2D eigenvalue weighted by Gasteiger charge is 2.08. The van der Waals surface area contributed by atoms with Gasteiger partial charge in [-0.05, 0) is 18.1 Å². The molecule has 0 aliphatic carbocycles. The van der Waals surface area contributed by atoms with Crippen molar-refractivity contribution in [2.45, 2.75) is 26.4 Å². The van der Waals surface area contributed by atoms with Crippen LogP contribution < -0.4 is 0 Å². The second-order valence-corrected chi connectivity index (χ2v) is 4.04. The van der Waals surface area contributed by atoms with E-state index in [0.29, 0.717) is 0 Å². The molecular formula is C14H16N2O2. The van der Waals surface area contributed by atoms with Crippen molar-refractivity contribution < 1.29 is 9.53 Å². The van der Waals surface area contributed by atoms with Gasteiger partial charge in [-0.1, -0.05) is 43.7 Å². The zero-order chi connectivity index (χ0) is 12.8. The fourth-order valence-corrected chi connectivity index (χ4v) is 1.64. The smallest absolute Gasteiger partial charge is 0.435 e. The Labute approximate surface area is 106 Å². The Bertz CT molecular complexity index is 506. The molecule has 0 aliphatic heterocycles. The first kappa shape index (κ1) is 12.4. The highest BCUT2D eigenvalue weighted by molar-refractivity contribution is 5.69. The summed E-state index contributed by atoms with van der Waals surface area (Å²) < 4.78 is 6.41. The molecule has 0 saturated heterocycles. The first-order chi connectivity index (χ1) is 8.79. The van der Waals surface area contributed by atoms with Gasteiger partial charge < -0.3 is 4.74 Å². The van der Waals surface area contributed by atoms with Crippen molar-refractivity contribution in [2.24, 2.45) is 0 Å². The lowest BCUT2D eigenvalue weighted by atomic mass is 10.2. The molecule has 0 amide bonds. The molecule has 94 valence electrons. The molecule has 4 nitrogen and oxygen atoms in total. The molecule has 0 atom stereocenters. The van der Waals surface area contributed by atoms with Crippen molar-refractivity contribution >= 4 is 6.09 Å². The van der Waals surface area contributed by atoms with Crippen molar-refractivity contribution in [1.82, 2.24) is 9.78 Å². The van der Waals surface area contributed by atoms with Crippen molar-refractivity contribution in [3.8, 4) is 0 Å². The third kappa shape index (κ3) is 3.20. The maximum absolute atomic E-state index is 11.7. The van der Waals surface area contributed by atoms with E-state index in [4.69, 9.17) is 4.74 Å². The molecule has 0 fully saturated rings. The van der Waals surface area contributed by atoms with Crippen LogP contribution in [0.3, 0.4) is 0 Å². The standard InChI is InChI=1S/C14H16N2O2/c1-2-6-13-9-10-16(15-13)14(17)18-11-12-7-4-3-5-8-12/h3-5,7-10H,2,6,11H2,1H3. The Morgan fingerprint density at radius 2 is 2.06 bits per heavy atom. The lowest BCUT2D eigenvalue weighted by Gasteiger charge is -2.04. The van der Waals surface area contributed by atoms with Crippen LogP contribution in [0.25, 0.3) is 0 Å². The number of hydrogen-bond acceptors (Lipinski definition) is 3. The predicted octanol–water partition coefficient (Wildman–Crippen LogP) is 3.02. The lowest BCUT2D eigenvalue weighted by molar-refractivity contribution is 0.137. The number of hydrogen-bond donors (Lipinski definition) is 0. The molecule has 0 saturated carbocycles. The minimum Gasteiger partial charge on any atom is -0.443 e. The Balaban J connectivity index is 1.91. The van der Waals surface area contributed by atoms with E-state index >= 15 is 0 Å². The van der Waals surface area contributed by atoms with Crippen molar-refractivity contribution in [3.05, 3.63) is 53.9 Å². The zero-order valence-corrected chi connectivity index (χ0v) is 10.4. The number of benzene rings is 1. The highest BCUT2D eigenvalue weighted by atomic mass is 16.6. The van der Waals surface area contributed by atoms with Gasteiger partial charge in [-0.15, -0.1) is 0 Å². The molecule has 0 unspecified atom stereocenters. The minimum atomic E-state index is -0.443. The molecule has 0 radical (unpaired) electrons. The molecule has 1 aromatic heterocycles. The summed E-state index contributed by atoms with van der Waals surface area (Å²) in [7, 11) is 0. The van der Waals surface area contributed by atoms with Crippen LogP contribution in [0.4, 0.5) is 4.79 Å². The van der Waals surface area contributed by atoms with Crippen LogP contribution in [-0.4, -0.2) is 15.9 Å². The number of ether oxygens (including phenoxy) is 1. The number of carbonyl (C=O) groups is 1. The summed E-state index contributed by atoms with van der Waals surface area (Å²) in [6.07, 6.45) is 3.08. The second kappa shape index (κ2) is 6.00. The van der Waals surface area contributed by atoms with E-state index in [9.17, 15) is 4.79 Å². The first-order valence-electron chi connectivity index (χ1n) is 6.05. The molecule has 0 spiro atoms. The van der Waals surface area contributed by atoms with Crippen LogP contribution in [0, 0.1) is 0 Å². The lowest BCUT2D eigenvalue weighted by Crippen LogP contribution is -2.14. The molecule has 1 aromatic carbocycles. The Hall–Kier alpha value is -2.10. The molecule has 2 rings (SSSR count). The monoisotopic (exact) mass is 244 g/mol. The normalized spacial score (nSPS) is 10.3. The van der Waals surface area contributed by atoms with Gasteiger partial charge in [0.25, 0.3) is 0 Å². The minimum absolute atomic E-state index is 0.267. The van der Waals surface area contributed by atoms with E-state index in [2.05, 4.69) is 12.0 Å². The fraction of sp³-hybridized carbons (Fsp3) is 0.286. The Morgan fingerprint density at radius 1 is 1.28 bits per heavy atom. The van der Waals surface area contributed by atoms with Gasteiger partial charge in [0.05, 0.1) is 5.69 Å². The summed E-state index contributed by atoms with van der Waals surface area (Å²) in [5, 5.41) is 4.15. The zero-order valence-electron chi connectivity index (χ0n) is 10.4. The van der Waals surface area contributed by atoms with E-state index in [1.54, 1.807) is 6.20 Å². The summed E-state index contributed by atoms with van der Waals surface area (Å²) in [5.41, 5.74) is 1.88. The van der Waals surface area contributed by atoms with Gasteiger partial charge in [-0.3, -0.25) is 0 Å². The van der Waals surface area contributed by atoms with E-state index in [1.165, 1.54) is 4.68 Å². The Kier molecular flexibility index (Phi) is 4.12. The Morgan fingerprint density at radius 3 is 2.78 bits per heavy atom. The quantitative estimate of drug-likeness (QED) is 0.830. The molecule has 0 aliphatic rings. The maximum atomic E-state index is 11.7. The van der Waals surface area contributed by atoms with Gasteiger partial charge in [-0.2, -0.15) is 9.78 Å². The third-order valence-electron chi connectivity index (χ3n) is 2.54. The topological polar surface area (TPSA) is 44.1 Å². The van der Waals surface area contributed by atoms with Gasteiger partial charge >= 0.3 is 6.09 Å². The van der Waals surface area contributed by atoms with Gasteiger partial charge in [0.15, 0.2) is 0 Å². The number of rotatable bonds is 4. The molecule has 0 bridgehead atoms. The van der Waals surface area contributed by atoms with Crippen LogP contribution in [0.2, 0.25) is 0 Å².